The quantitative estimate of drug-likeness (QED) is 0.170. The smallest absolute Gasteiger partial charge is 0.227 e. The third-order valence-electron chi connectivity index (χ3n) is 11.5. The molecule has 0 spiro atoms. The van der Waals surface area contributed by atoms with Crippen LogP contribution in [0, 0.1) is 0 Å². The first-order valence-electron chi connectivity index (χ1n) is 19.1. The fourth-order valence-electron chi connectivity index (χ4n) is 8.72. The number of hydrogen-bond acceptors (Lipinski definition) is 4. The van der Waals surface area contributed by atoms with Gasteiger partial charge in [0.15, 0.2) is 5.58 Å². The molecule has 0 atom stereocenters. The van der Waals surface area contributed by atoms with Crippen molar-refractivity contribution in [2.45, 2.75) is 19.3 Å². The Bertz CT molecular complexity index is 3100. The van der Waals surface area contributed by atoms with Gasteiger partial charge in [0.25, 0.3) is 0 Å². The SMILES string of the molecule is CC1(C)c2ccccc2-c2ccc(N(c3ccc(-c4cccc5c4sc4c(-c6ccccc6)cccc45)cc3)c3ccc4nc(-c5ccccc5)oc4c3)cc21. The maximum absolute atomic E-state index is 6.41. The molecule has 0 radical (unpaired) electrons. The molecule has 10 aromatic rings. The van der Waals surface area contributed by atoms with Gasteiger partial charge in [-0.25, -0.2) is 4.98 Å². The molecule has 0 bridgehead atoms. The van der Waals surface area contributed by atoms with E-state index in [0.717, 1.165) is 33.7 Å². The lowest BCUT2D eigenvalue weighted by molar-refractivity contribution is 0.620. The molecule has 0 N–H and O–H groups in total. The van der Waals surface area contributed by atoms with Crippen molar-refractivity contribution in [3.05, 3.63) is 193 Å². The van der Waals surface area contributed by atoms with Crippen molar-refractivity contribution < 1.29 is 4.42 Å². The Hall–Kier alpha value is -6.75. The van der Waals surface area contributed by atoms with Crippen molar-refractivity contribution in [1.29, 1.82) is 0 Å². The van der Waals surface area contributed by atoms with E-state index in [1.54, 1.807) is 0 Å². The summed E-state index contributed by atoms with van der Waals surface area (Å²) in [7, 11) is 0. The molecule has 0 unspecified atom stereocenters. The summed E-state index contributed by atoms with van der Waals surface area (Å²) < 4.78 is 9.04. The molecular weight excluding hydrogens is 701 g/mol. The highest BCUT2D eigenvalue weighted by molar-refractivity contribution is 7.26. The molecule has 56 heavy (non-hydrogen) atoms. The van der Waals surface area contributed by atoms with E-state index in [1.807, 2.05) is 41.7 Å². The molecule has 3 nitrogen and oxygen atoms in total. The molecule has 0 aliphatic heterocycles. The van der Waals surface area contributed by atoms with Crippen LogP contribution in [0.25, 0.3) is 76.1 Å². The fourth-order valence-corrected chi connectivity index (χ4v) is 10.1. The first kappa shape index (κ1) is 32.7. The molecule has 11 rings (SSSR count). The molecule has 0 saturated carbocycles. The first-order valence-corrected chi connectivity index (χ1v) is 19.9. The summed E-state index contributed by atoms with van der Waals surface area (Å²) in [5, 5.41) is 2.60. The second kappa shape index (κ2) is 12.7. The summed E-state index contributed by atoms with van der Waals surface area (Å²) in [5.41, 5.74) is 15.9. The molecule has 4 heteroatoms. The predicted molar refractivity (Wildman–Crippen MR) is 235 cm³/mol. The van der Waals surface area contributed by atoms with E-state index in [0.29, 0.717) is 5.89 Å². The zero-order valence-corrected chi connectivity index (χ0v) is 31.8. The summed E-state index contributed by atoms with van der Waals surface area (Å²) in [5.74, 6) is 0.622. The average Bonchev–Trinajstić information content (AvgIpc) is 3.92. The van der Waals surface area contributed by atoms with Crippen LogP contribution in [0.4, 0.5) is 17.1 Å². The van der Waals surface area contributed by atoms with E-state index < -0.39 is 0 Å². The summed E-state index contributed by atoms with van der Waals surface area (Å²) in [6.07, 6.45) is 0. The molecular formula is C52H36N2OS. The normalized spacial score (nSPS) is 13.0. The number of aromatic nitrogens is 1. The Balaban J connectivity index is 1.04. The number of thiophene rings is 1. The maximum Gasteiger partial charge on any atom is 0.227 e. The van der Waals surface area contributed by atoms with Crippen LogP contribution >= 0.6 is 11.3 Å². The second-order valence-electron chi connectivity index (χ2n) is 15.2. The van der Waals surface area contributed by atoms with E-state index in [9.17, 15) is 0 Å². The Morgan fingerprint density at radius 2 is 1.02 bits per heavy atom. The number of benzene rings is 8. The van der Waals surface area contributed by atoms with Crippen LogP contribution in [0.15, 0.2) is 186 Å². The lowest BCUT2D eigenvalue weighted by Crippen LogP contribution is -2.16. The van der Waals surface area contributed by atoms with Crippen LogP contribution < -0.4 is 4.90 Å². The highest BCUT2D eigenvalue weighted by Gasteiger charge is 2.35. The molecule has 0 amide bonds. The standard InChI is InChI=1S/C52H36N2OS/c1-52(2)45-22-10-9-17-41(45)42-29-27-37(31-46(42)52)54(38-28-30-47-48(32-38)55-51(53-47)35-15-7-4-8-16-35)36-25-23-34(24-26-36)40-19-12-21-44-43-20-11-18-39(49(43)56-50(40)44)33-13-5-3-6-14-33/h3-32H,1-2H3. The summed E-state index contributed by atoms with van der Waals surface area (Å²) in [6, 6.07) is 65.4. The van der Waals surface area contributed by atoms with E-state index in [1.165, 1.54) is 64.7 Å². The van der Waals surface area contributed by atoms with Gasteiger partial charge in [0, 0.05) is 54.3 Å². The molecule has 0 saturated heterocycles. The van der Waals surface area contributed by atoms with Crippen molar-refractivity contribution in [2.75, 3.05) is 4.90 Å². The van der Waals surface area contributed by atoms with Crippen LogP contribution in [-0.4, -0.2) is 4.98 Å². The molecule has 2 aromatic heterocycles. The van der Waals surface area contributed by atoms with Crippen LogP contribution in [0.5, 0.6) is 0 Å². The largest absolute Gasteiger partial charge is 0.436 e. The number of fused-ring (bicyclic) bond motifs is 7. The van der Waals surface area contributed by atoms with E-state index in [-0.39, 0.29) is 5.41 Å². The number of anilines is 3. The van der Waals surface area contributed by atoms with Gasteiger partial charge in [0.05, 0.1) is 0 Å². The minimum atomic E-state index is -0.125. The zero-order valence-electron chi connectivity index (χ0n) is 31.0. The number of hydrogen-bond donors (Lipinski definition) is 0. The highest BCUT2D eigenvalue weighted by Crippen LogP contribution is 2.51. The number of rotatable bonds is 6. The van der Waals surface area contributed by atoms with Crippen molar-refractivity contribution in [3.63, 3.8) is 0 Å². The van der Waals surface area contributed by atoms with Crippen LogP contribution in [0.2, 0.25) is 0 Å². The molecule has 2 heterocycles. The van der Waals surface area contributed by atoms with Crippen LogP contribution in [0.3, 0.4) is 0 Å². The van der Waals surface area contributed by atoms with E-state index >= 15 is 0 Å². The molecule has 266 valence electrons. The van der Waals surface area contributed by atoms with Gasteiger partial charge >= 0.3 is 0 Å². The second-order valence-corrected chi connectivity index (χ2v) is 16.2. The monoisotopic (exact) mass is 736 g/mol. The van der Waals surface area contributed by atoms with Crippen molar-refractivity contribution >= 4 is 59.7 Å². The van der Waals surface area contributed by atoms with Gasteiger partial charge < -0.3 is 9.32 Å². The maximum atomic E-state index is 6.41. The third-order valence-corrected chi connectivity index (χ3v) is 12.8. The Kier molecular flexibility index (Phi) is 7.38. The first-order chi connectivity index (χ1) is 27.5. The average molecular weight is 737 g/mol. The number of nitrogens with zero attached hydrogens (tertiary/aromatic N) is 2. The lowest BCUT2D eigenvalue weighted by Gasteiger charge is -2.28. The minimum absolute atomic E-state index is 0.125. The third kappa shape index (κ3) is 5.14. The molecule has 0 fully saturated rings. The van der Waals surface area contributed by atoms with Crippen LogP contribution in [-0.2, 0) is 5.41 Å². The van der Waals surface area contributed by atoms with Crippen molar-refractivity contribution in [3.8, 4) is 44.8 Å². The van der Waals surface area contributed by atoms with Gasteiger partial charge in [-0.2, -0.15) is 0 Å². The summed E-state index contributed by atoms with van der Waals surface area (Å²) >= 11 is 1.89. The van der Waals surface area contributed by atoms with Gasteiger partial charge in [-0.1, -0.05) is 141 Å². The fraction of sp³-hybridized carbons (Fsp3) is 0.0577. The molecule has 1 aliphatic carbocycles. The summed E-state index contributed by atoms with van der Waals surface area (Å²) in [6.45, 7) is 4.67. The Morgan fingerprint density at radius 1 is 0.464 bits per heavy atom. The molecule has 8 aromatic carbocycles. The zero-order chi connectivity index (χ0) is 37.4. The topological polar surface area (TPSA) is 29.3 Å². The van der Waals surface area contributed by atoms with E-state index in [4.69, 9.17) is 9.40 Å². The predicted octanol–water partition coefficient (Wildman–Crippen LogP) is 15.0. The Morgan fingerprint density at radius 3 is 1.73 bits per heavy atom. The number of oxazole rings is 1. The Labute approximate surface area is 329 Å². The van der Waals surface area contributed by atoms with Crippen LogP contribution in [0.1, 0.15) is 25.0 Å². The lowest BCUT2D eigenvalue weighted by atomic mass is 9.82. The highest BCUT2D eigenvalue weighted by atomic mass is 32.1. The van der Waals surface area contributed by atoms with Gasteiger partial charge in [-0.3, -0.25) is 0 Å². The summed E-state index contributed by atoms with van der Waals surface area (Å²) in [4.78, 5) is 7.19. The minimum Gasteiger partial charge on any atom is -0.436 e. The van der Waals surface area contributed by atoms with Crippen molar-refractivity contribution in [1.82, 2.24) is 4.98 Å². The van der Waals surface area contributed by atoms with Crippen molar-refractivity contribution in [2.24, 2.45) is 0 Å². The van der Waals surface area contributed by atoms with Gasteiger partial charge in [0.2, 0.25) is 5.89 Å². The van der Waals surface area contributed by atoms with Gasteiger partial charge in [-0.15, -0.1) is 11.3 Å². The molecule has 1 aliphatic rings. The van der Waals surface area contributed by atoms with E-state index in [2.05, 4.69) is 170 Å². The van der Waals surface area contributed by atoms with Gasteiger partial charge in [-0.05, 0) is 93.0 Å². The van der Waals surface area contributed by atoms with Gasteiger partial charge in [0.1, 0.15) is 5.52 Å².